The molecule has 0 unspecified atom stereocenters. The highest BCUT2D eigenvalue weighted by Gasteiger charge is 2.19. The second-order valence-corrected chi connectivity index (χ2v) is 5.51. The minimum Gasteiger partial charge on any atom is -0.494 e. The molecule has 0 fully saturated rings. The highest BCUT2D eigenvalue weighted by molar-refractivity contribution is 8.00. The molecule has 1 aromatic carbocycles. The zero-order valence-electron chi connectivity index (χ0n) is 11.8. The monoisotopic (exact) mass is 323 g/mol. The molecule has 0 aliphatic heterocycles. The number of amides is 1. The lowest BCUT2D eigenvalue weighted by atomic mass is 10.2. The molecule has 2 rings (SSSR count). The van der Waals surface area contributed by atoms with Crippen molar-refractivity contribution < 1.29 is 14.5 Å². The average Bonchev–Trinajstić information content (AvgIpc) is 3.00. The first-order chi connectivity index (χ1) is 10.5. The van der Waals surface area contributed by atoms with Crippen LogP contribution in [0.1, 0.15) is 6.92 Å². The highest BCUT2D eigenvalue weighted by atomic mass is 32.2. The number of anilines is 1. The van der Waals surface area contributed by atoms with Gasteiger partial charge in [0.1, 0.15) is 12.1 Å². The molecule has 1 amide bonds. The van der Waals surface area contributed by atoms with Gasteiger partial charge in [-0.2, -0.15) is 5.10 Å². The van der Waals surface area contributed by atoms with E-state index >= 15 is 0 Å². The van der Waals surface area contributed by atoms with Crippen molar-refractivity contribution in [2.45, 2.75) is 17.3 Å². The number of aromatic amines is 1. The smallest absolute Gasteiger partial charge is 0.273 e. The summed E-state index contributed by atoms with van der Waals surface area (Å²) in [7, 11) is 1.38. The summed E-state index contributed by atoms with van der Waals surface area (Å²) in [6, 6.07) is 3.98. The van der Waals surface area contributed by atoms with Crippen molar-refractivity contribution in [2.75, 3.05) is 12.4 Å². The lowest BCUT2D eigenvalue weighted by Gasteiger charge is -2.13. The van der Waals surface area contributed by atoms with Gasteiger partial charge in [-0.1, -0.05) is 11.8 Å². The summed E-state index contributed by atoms with van der Waals surface area (Å²) in [5, 5.41) is 19.8. The van der Waals surface area contributed by atoms with Crippen LogP contribution in [0.5, 0.6) is 5.75 Å². The van der Waals surface area contributed by atoms with E-state index in [-0.39, 0.29) is 17.3 Å². The van der Waals surface area contributed by atoms with Gasteiger partial charge in [-0.15, -0.1) is 0 Å². The molecule has 0 spiro atoms. The van der Waals surface area contributed by atoms with Gasteiger partial charge in [-0.3, -0.25) is 20.0 Å². The molecular formula is C12H13N5O4S. The number of hydrogen-bond acceptors (Lipinski definition) is 7. The average molecular weight is 323 g/mol. The molecule has 1 heterocycles. The van der Waals surface area contributed by atoms with Crippen LogP contribution in [0.2, 0.25) is 0 Å². The van der Waals surface area contributed by atoms with Gasteiger partial charge in [0, 0.05) is 6.07 Å². The van der Waals surface area contributed by atoms with Gasteiger partial charge in [0.05, 0.1) is 29.0 Å². The Kier molecular flexibility index (Phi) is 4.94. The molecule has 0 radical (unpaired) electrons. The van der Waals surface area contributed by atoms with E-state index in [9.17, 15) is 14.9 Å². The first-order valence-corrected chi connectivity index (χ1v) is 7.04. The molecule has 2 aromatic rings. The van der Waals surface area contributed by atoms with Crippen molar-refractivity contribution in [1.29, 1.82) is 0 Å². The molecule has 9 nitrogen and oxygen atoms in total. The van der Waals surface area contributed by atoms with Gasteiger partial charge in [-0.05, 0) is 13.0 Å². The van der Waals surface area contributed by atoms with Gasteiger partial charge in [0.15, 0.2) is 5.16 Å². The van der Waals surface area contributed by atoms with Crippen molar-refractivity contribution >= 4 is 29.0 Å². The Bertz CT molecular complexity index is 676. The Hall–Kier alpha value is -2.62. The van der Waals surface area contributed by atoms with Crippen LogP contribution >= 0.6 is 11.8 Å². The first-order valence-electron chi connectivity index (χ1n) is 6.16. The van der Waals surface area contributed by atoms with Crippen molar-refractivity contribution in [2.24, 2.45) is 0 Å². The standard InChI is InChI=1S/C12H13N5O4S/c1-7(22-12-13-6-14-16-12)11(18)15-9-4-3-8(17(19)20)5-10(9)21-2/h3-7H,1-2H3,(H,15,18)(H,13,14,16)/t7-/m0/s1. The summed E-state index contributed by atoms with van der Waals surface area (Å²) in [5.41, 5.74) is 0.252. The second kappa shape index (κ2) is 6.89. The quantitative estimate of drug-likeness (QED) is 0.472. The third-order valence-electron chi connectivity index (χ3n) is 2.70. The summed E-state index contributed by atoms with van der Waals surface area (Å²) in [6.07, 6.45) is 1.35. The maximum absolute atomic E-state index is 12.1. The summed E-state index contributed by atoms with van der Waals surface area (Å²) < 4.78 is 5.07. The number of aromatic nitrogens is 3. The van der Waals surface area contributed by atoms with Crippen molar-refractivity contribution in [1.82, 2.24) is 15.2 Å². The Morgan fingerprint density at radius 2 is 2.32 bits per heavy atom. The van der Waals surface area contributed by atoms with E-state index < -0.39 is 10.2 Å². The van der Waals surface area contributed by atoms with Crippen molar-refractivity contribution in [3.63, 3.8) is 0 Å². The van der Waals surface area contributed by atoms with Crippen LogP contribution in [0, 0.1) is 10.1 Å². The summed E-state index contributed by atoms with van der Waals surface area (Å²) in [6.45, 7) is 1.71. The van der Waals surface area contributed by atoms with Crippen molar-refractivity contribution in [3.05, 3.63) is 34.6 Å². The molecule has 1 aromatic heterocycles. The summed E-state index contributed by atoms with van der Waals surface area (Å²) >= 11 is 1.21. The fourth-order valence-electron chi connectivity index (χ4n) is 1.60. The van der Waals surface area contributed by atoms with Gasteiger partial charge in [0.25, 0.3) is 5.69 Å². The molecule has 0 aliphatic rings. The van der Waals surface area contributed by atoms with E-state index in [2.05, 4.69) is 20.5 Å². The molecule has 22 heavy (non-hydrogen) atoms. The van der Waals surface area contributed by atoms with E-state index in [0.717, 1.165) is 0 Å². The van der Waals surface area contributed by atoms with E-state index in [1.165, 1.54) is 43.4 Å². The van der Waals surface area contributed by atoms with Gasteiger partial charge < -0.3 is 10.1 Å². The first kappa shape index (κ1) is 15.8. The fourth-order valence-corrected chi connectivity index (χ4v) is 2.32. The normalized spacial score (nSPS) is 11.7. The maximum atomic E-state index is 12.1. The topological polar surface area (TPSA) is 123 Å². The molecule has 1 atom stereocenters. The van der Waals surface area contributed by atoms with Crippen LogP contribution in [0.15, 0.2) is 29.7 Å². The lowest BCUT2D eigenvalue weighted by Crippen LogP contribution is -2.22. The Morgan fingerprint density at radius 1 is 1.55 bits per heavy atom. The number of nitro groups is 1. The molecule has 116 valence electrons. The number of thioether (sulfide) groups is 1. The molecular weight excluding hydrogens is 310 g/mol. The third kappa shape index (κ3) is 3.73. The summed E-state index contributed by atoms with van der Waals surface area (Å²) in [4.78, 5) is 26.3. The van der Waals surface area contributed by atoms with Crippen LogP contribution in [-0.4, -0.2) is 38.4 Å². The van der Waals surface area contributed by atoms with E-state index in [1.54, 1.807) is 6.92 Å². The van der Waals surface area contributed by atoms with Crippen LogP contribution in [0.4, 0.5) is 11.4 Å². The lowest BCUT2D eigenvalue weighted by molar-refractivity contribution is -0.384. The predicted molar refractivity (Wildman–Crippen MR) is 80.0 cm³/mol. The second-order valence-electron chi connectivity index (χ2n) is 4.18. The Labute approximate surface area is 129 Å². The van der Waals surface area contributed by atoms with Gasteiger partial charge in [0.2, 0.25) is 5.91 Å². The number of rotatable bonds is 6. The maximum Gasteiger partial charge on any atom is 0.273 e. The van der Waals surface area contributed by atoms with Gasteiger partial charge in [-0.25, -0.2) is 4.98 Å². The molecule has 10 heteroatoms. The number of nitrogens with zero attached hydrogens (tertiary/aromatic N) is 3. The zero-order chi connectivity index (χ0) is 16.1. The third-order valence-corrected chi connectivity index (χ3v) is 3.69. The van der Waals surface area contributed by atoms with Crippen LogP contribution in [-0.2, 0) is 4.79 Å². The predicted octanol–water partition coefficient (Wildman–Crippen LogP) is 1.84. The molecule has 2 N–H and O–H groups in total. The minimum absolute atomic E-state index is 0.112. The highest BCUT2D eigenvalue weighted by Crippen LogP contribution is 2.30. The van der Waals surface area contributed by atoms with E-state index in [0.29, 0.717) is 10.8 Å². The number of carbonyl (C=O) groups is 1. The molecule has 0 bridgehead atoms. The fraction of sp³-hybridized carbons (Fsp3) is 0.250. The van der Waals surface area contributed by atoms with Crippen molar-refractivity contribution in [3.8, 4) is 5.75 Å². The number of nitrogens with one attached hydrogen (secondary N) is 2. The largest absolute Gasteiger partial charge is 0.494 e. The minimum atomic E-state index is -0.531. The number of ether oxygens (including phenoxy) is 1. The molecule has 0 aliphatic carbocycles. The molecule has 0 saturated heterocycles. The summed E-state index contributed by atoms with van der Waals surface area (Å²) in [5.74, 6) is -0.0621. The van der Waals surface area contributed by atoms with Crippen LogP contribution in [0.3, 0.4) is 0 Å². The Morgan fingerprint density at radius 3 is 2.91 bits per heavy atom. The Balaban J connectivity index is 2.09. The number of hydrogen-bond donors (Lipinski definition) is 2. The van der Waals surface area contributed by atoms with Gasteiger partial charge >= 0.3 is 0 Å². The SMILES string of the molecule is COc1cc([N+](=O)[O-])ccc1NC(=O)[C@H](C)Sc1ncn[nH]1. The number of non-ortho nitro benzene ring substituents is 1. The molecule has 0 saturated carbocycles. The van der Waals surface area contributed by atoms with E-state index in [4.69, 9.17) is 4.74 Å². The number of benzene rings is 1. The number of H-pyrrole nitrogens is 1. The van der Waals surface area contributed by atoms with Crippen LogP contribution < -0.4 is 10.1 Å². The number of carbonyl (C=O) groups excluding carboxylic acids is 1. The number of nitro benzene ring substituents is 1. The zero-order valence-corrected chi connectivity index (χ0v) is 12.6. The number of methoxy groups -OCH3 is 1. The van der Waals surface area contributed by atoms with E-state index in [1.807, 2.05) is 0 Å². The van der Waals surface area contributed by atoms with Crippen LogP contribution in [0.25, 0.3) is 0 Å².